The Bertz CT molecular complexity index is 1080. The van der Waals surface area contributed by atoms with Crippen LogP contribution < -0.4 is 9.64 Å². The molecule has 1 aliphatic rings. The molecule has 1 atom stereocenters. The van der Waals surface area contributed by atoms with Gasteiger partial charge in [0.1, 0.15) is 11.6 Å². The number of aliphatic imine (C=N–C) groups is 1. The van der Waals surface area contributed by atoms with E-state index in [1.165, 1.54) is 0 Å². The molecular weight excluding hydrogens is 378 g/mol. The lowest BCUT2D eigenvalue weighted by Crippen LogP contribution is -2.46. The van der Waals surface area contributed by atoms with Gasteiger partial charge in [-0.05, 0) is 47.9 Å². The van der Waals surface area contributed by atoms with Crippen LogP contribution in [0.4, 0.5) is 5.82 Å². The van der Waals surface area contributed by atoms with Crippen molar-refractivity contribution in [2.45, 2.75) is 12.3 Å². The Balaban J connectivity index is 1.56. The number of anilines is 1. The second kappa shape index (κ2) is 8.69. The topological polar surface area (TPSA) is 71.9 Å². The number of amides is 2. The minimum atomic E-state index is -0.628. The highest BCUT2D eigenvalue weighted by Crippen LogP contribution is 2.30. The van der Waals surface area contributed by atoms with Crippen molar-refractivity contribution in [3.63, 3.8) is 0 Å². The van der Waals surface area contributed by atoms with Crippen molar-refractivity contribution < 1.29 is 14.3 Å². The van der Waals surface area contributed by atoms with E-state index in [0.717, 1.165) is 22.6 Å². The molecule has 1 aliphatic heterocycles. The smallest absolute Gasteiger partial charge is 0.266 e. The molecule has 0 radical (unpaired) electrons. The van der Waals surface area contributed by atoms with E-state index in [9.17, 15) is 9.59 Å². The quantitative estimate of drug-likeness (QED) is 0.468. The van der Waals surface area contributed by atoms with Gasteiger partial charge in [0, 0.05) is 24.5 Å². The highest BCUT2D eigenvalue weighted by molar-refractivity contribution is 6.28. The maximum atomic E-state index is 13.2. The lowest BCUT2D eigenvalue weighted by atomic mass is 9.89. The van der Waals surface area contributed by atoms with Crippen LogP contribution in [0.25, 0.3) is 0 Å². The molecule has 1 unspecified atom stereocenters. The van der Waals surface area contributed by atoms with Crippen LogP contribution in [0.15, 0.2) is 77.9 Å². The molecule has 2 amide bonds. The molecular formula is C24H21N3O3. The number of fused-ring (bicyclic) bond motifs is 1. The second-order valence-electron chi connectivity index (χ2n) is 6.88. The number of hydrogen-bond donors (Lipinski definition) is 0. The third-order valence-electron chi connectivity index (χ3n) is 5.04. The number of rotatable bonds is 6. The number of carbonyl (C=O) groups excluding carboxylic acids is 2. The van der Waals surface area contributed by atoms with E-state index < -0.39 is 5.92 Å². The van der Waals surface area contributed by atoms with Gasteiger partial charge in [-0.2, -0.15) is 0 Å². The van der Waals surface area contributed by atoms with Gasteiger partial charge in [-0.25, -0.2) is 9.88 Å². The molecule has 6 nitrogen and oxygen atoms in total. The lowest BCUT2D eigenvalue weighted by molar-refractivity contribution is -0.118. The largest absolute Gasteiger partial charge is 0.497 e. The first kappa shape index (κ1) is 19.5. The molecule has 2 aromatic carbocycles. The zero-order valence-electron chi connectivity index (χ0n) is 16.6. The molecule has 2 heterocycles. The summed E-state index contributed by atoms with van der Waals surface area (Å²) in [5, 5.41) is 0. The first-order valence-corrected chi connectivity index (χ1v) is 9.70. The summed E-state index contributed by atoms with van der Waals surface area (Å²) in [6.07, 6.45) is 3.95. The Labute approximate surface area is 174 Å². The van der Waals surface area contributed by atoms with Crippen LogP contribution in [-0.4, -0.2) is 36.7 Å². The van der Waals surface area contributed by atoms with Crippen LogP contribution in [0.3, 0.4) is 0 Å². The summed E-state index contributed by atoms with van der Waals surface area (Å²) in [6, 6.07) is 20.1. The number of ether oxygens (including phenoxy) is 1. The molecule has 30 heavy (non-hydrogen) atoms. The number of pyridine rings is 1. The Hall–Kier alpha value is -3.80. The van der Waals surface area contributed by atoms with Gasteiger partial charge >= 0.3 is 0 Å². The van der Waals surface area contributed by atoms with Gasteiger partial charge in [0.15, 0.2) is 0 Å². The van der Waals surface area contributed by atoms with E-state index in [0.29, 0.717) is 23.5 Å². The predicted molar refractivity (Wildman–Crippen MR) is 115 cm³/mol. The molecule has 4 rings (SSSR count). The second-order valence-corrected chi connectivity index (χ2v) is 6.88. The van der Waals surface area contributed by atoms with Crippen molar-refractivity contribution in [3.8, 4) is 5.75 Å². The van der Waals surface area contributed by atoms with Gasteiger partial charge in [0.2, 0.25) is 5.91 Å². The van der Waals surface area contributed by atoms with E-state index in [4.69, 9.17) is 4.74 Å². The Morgan fingerprint density at radius 2 is 1.80 bits per heavy atom. The van der Waals surface area contributed by atoms with E-state index in [-0.39, 0.29) is 11.8 Å². The molecule has 0 saturated heterocycles. The Morgan fingerprint density at radius 3 is 2.53 bits per heavy atom. The SMILES string of the molecule is COc1ccc(CCN=CC2C(=O)N(c3ccccn3)C(=O)c3ccccc32)cc1. The van der Waals surface area contributed by atoms with Gasteiger partial charge in [0.05, 0.1) is 13.0 Å². The van der Waals surface area contributed by atoms with Crippen molar-refractivity contribution in [3.05, 3.63) is 89.6 Å². The maximum absolute atomic E-state index is 13.2. The summed E-state index contributed by atoms with van der Waals surface area (Å²) < 4.78 is 5.17. The number of aromatic nitrogens is 1. The van der Waals surface area contributed by atoms with Gasteiger partial charge in [-0.1, -0.05) is 36.4 Å². The summed E-state index contributed by atoms with van der Waals surface area (Å²) in [6.45, 7) is 0.538. The van der Waals surface area contributed by atoms with E-state index in [1.807, 2.05) is 30.3 Å². The minimum absolute atomic E-state index is 0.318. The fourth-order valence-electron chi connectivity index (χ4n) is 3.47. The molecule has 0 saturated carbocycles. The third-order valence-corrected chi connectivity index (χ3v) is 5.04. The van der Waals surface area contributed by atoms with Crippen LogP contribution >= 0.6 is 0 Å². The van der Waals surface area contributed by atoms with Crippen molar-refractivity contribution in [2.75, 3.05) is 18.6 Å². The number of nitrogens with zero attached hydrogens (tertiary/aromatic N) is 3. The predicted octanol–water partition coefficient (Wildman–Crippen LogP) is 3.67. The van der Waals surface area contributed by atoms with Gasteiger partial charge in [-0.15, -0.1) is 0 Å². The maximum Gasteiger partial charge on any atom is 0.266 e. The van der Waals surface area contributed by atoms with Crippen LogP contribution in [0, 0.1) is 0 Å². The Morgan fingerprint density at radius 1 is 1.03 bits per heavy atom. The normalized spacial score (nSPS) is 16.0. The zero-order valence-corrected chi connectivity index (χ0v) is 16.6. The molecule has 6 heteroatoms. The molecule has 0 spiro atoms. The average Bonchev–Trinajstić information content (AvgIpc) is 2.80. The number of carbonyl (C=O) groups is 2. The van der Waals surface area contributed by atoms with Crippen LogP contribution in [0.5, 0.6) is 5.75 Å². The van der Waals surface area contributed by atoms with E-state index >= 15 is 0 Å². The standard InChI is InChI=1S/C24H21N3O3/c1-30-18-11-9-17(10-12-18)13-15-25-16-21-19-6-2-3-7-20(19)23(28)27(24(21)29)22-8-4-5-14-26-22/h2-12,14,16,21H,13,15H2,1H3. The summed E-state index contributed by atoms with van der Waals surface area (Å²) in [7, 11) is 1.64. The monoisotopic (exact) mass is 399 g/mol. The summed E-state index contributed by atoms with van der Waals surface area (Å²) in [4.78, 5) is 36.0. The number of imide groups is 1. The molecule has 1 aromatic heterocycles. The van der Waals surface area contributed by atoms with Crippen molar-refractivity contribution >= 4 is 23.8 Å². The number of benzene rings is 2. The number of hydrogen-bond acceptors (Lipinski definition) is 5. The van der Waals surface area contributed by atoms with Crippen molar-refractivity contribution in [1.29, 1.82) is 0 Å². The summed E-state index contributed by atoms with van der Waals surface area (Å²) in [5.74, 6) is -0.205. The first-order valence-electron chi connectivity index (χ1n) is 9.70. The fourth-order valence-corrected chi connectivity index (χ4v) is 3.47. The average molecular weight is 399 g/mol. The first-order chi connectivity index (χ1) is 14.7. The molecule has 3 aromatic rings. The fraction of sp³-hybridized carbons (Fsp3) is 0.167. The number of methoxy groups -OCH3 is 1. The molecule has 0 fully saturated rings. The summed E-state index contributed by atoms with van der Waals surface area (Å²) in [5.41, 5.74) is 2.30. The van der Waals surface area contributed by atoms with E-state index in [2.05, 4.69) is 9.98 Å². The van der Waals surface area contributed by atoms with Crippen LogP contribution in [0.2, 0.25) is 0 Å². The zero-order chi connectivity index (χ0) is 20.9. The van der Waals surface area contributed by atoms with Crippen molar-refractivity contribution in [2.24, 2.45) is 4.99 Å². The van der Waals surface area contributed by atoms with Crippen LogP contribution in [-0.2, 0) is 11.2 Å². The highest BCUT2D eigenvalue weighted by Gasteiger charge is 2.39. The van der Waals surface area contributed by atoms with Gasteiger partial charge in [0.25, 0.3) is 5.91 Å². The van der Waals surface area contributed by atoms with E-state index in [1.54, 1.807) is 55.9 Å². The summed E-state index contributed by atoms with van der Waals surface area (Å²) >= 11 is 0. The lowest BCUT2D eigenvalue weighted by Gasteiger charge is -2.30. The van der Waals surface area contributed by atoms with Crippen LogP contribution in [0.1, 0.15) is 27.4 Å². The molecule has 0 bridgehead atoms. The molecule has 0 aliphatic carbocycles. The highest BCUT2D eigenvalue weighted by atomic mass is 16.5. The molecule has 0 N–H and O–H groups in total. The van der Waals surface area contributed by atoms with Gasteiger partial charge < -0.3 is 4.74 Å². The van der Waals surface area contributed by atoms with Gasteiger partial charge in [-0.3, -0.25) is 14.6 Å². The Kier molecular flexibility index (Phi) is 5.66. The molecule has 150 valence electrons. The third kappa shape index (κ3) is 3.85. The minimum Gasteiger partial charge on any atom is -0.497 e. The van der Waals surface area contributed by atoms with Crippen molar-refractivity contribution in [1.82, 2.24) is 4.98 Å².